The number of carbonyl (C=O) groups is 3. The SMILES string of the molecule is CCOC(=O)c1cc2cc(-c3cc(C#N)c4c(c3)CCN4NC(=O)OC(C)(C)C)cn2c(C(C)=O)c1C. The van der Waals surface area contributed by atoms with Gasteiger partial charge in [-0.15, -0.1) is 0 Å². The molecule has 1 aromatic carbocycles. The van der Waals surface area contributed by atoms with E-state index in [9.17, 15) is 19.6 Å². The van der Waals surface area contributed by atoms with E-state index >= 15 is 0 Å². The van der Waals surface area contributed by atoms with E-state index in [-0.39, 0.29) is 12.4 Å². The number of nitriles is 1. The van der Waals surface area contributed by atoms with Gasteiger partial charge in [-0.05, 0) is 82.0 Å². The van der Waals surface area contributed by atoms with Crippen LogP contribution in [0.2, 0.25) is 0 Å². The summed E-state index contributed by atoms with van der Waals surface area (Å²) in [6, 6.07) is 9.58. The molecule has 0 saturated carbocycles. The zero-order valence-corrected chi connectivity index (χ0v) is 21.9. The third-order valence-corrected chi connectivity index (χ3v) is 6.11. The summed E-state index contributed by atoms with van der Waals surface area (Å²) in [7, 11) is 0. The molecular weight excluding hydrogens is 472 g/mol. The molecule has 0 saturated heterocycles. The summed E-state index contributed by atoms with van der Waals surface area (Å²) in [6.45, 7) is 11.0. The molecule has 9 heteroatoms. The molecule has 1 N–H and O–H groups in total. The number of ether oxygens (including phenoxy) is 2. The van der Waals surface area contributed by atoms with Crippen molar-refractivity contribution < 1.29 is 23.9 Å². The number of amides is 1. The summed E-state index contributed by atoms with van der Waals surface area (Å²) in [5.74, 6) is -0.652. The molecule has 0 aliphatic carbocycles. The van der Waals surface area contributed by atoms with Crippen molar-refractivity contribution in [2.75, 3.05) is 18.2 Å². The molecule has 2 aromatic heterocycles. The lowest BCUT2D eigenvalue weighted by Gasteiger charge is -2.25. The molecule has 9 nitrogen and oxygen atoms in total. The van der Waals surface area contributed by atoms with E-state index in [1.807, 2.05) is 18.3 Å². The van der Waals surface area contributed by atoms with Crippen LogP contribution in [-0.4, -0.2) is 41.0 Å². The summed E-state index contributed by atoms with van der Waals surface area (Å²) in [5.41, 5.74) is 7.62. The number of esters is 1. The average Bonchev–Trinajstić information content (AvgIpc) is 3.40. The van der Waals surface area contributed by atoms with Crippen LogP contribution >= 0.6 is 0 Å². The summed E-state index contributed by atoms with van der Waals surface area (Å²) < 4.78 is 12.3. The highest BCUT2D eigenvalue weighted by molar-refractivity contribution is 6.01. The Morgan fingerprint density at radius 1 is 1.14 bits per heavy atom. The Kier molecular flexibility index (Phi) is 6.70. The molecule has 37 heavy (non-hydrogen) atoms. The monoisotopic (exact) mass is 502 g/mol. The van der Waals surface area contributed by atoms with Crippen LogP contribution in [0, 0.1) is 18.3 Å². The zero-order valence-electron chi connectivity index (χ0n) is 21.9. The van der Waals surface area contributed by atoms with E-state index in [1.165, 1.54) is 6.92 Å². The fourth-order valence-electron chi connectivity index (χ4n) is 4.68. The number of aromatic nitrogens is 1. The van der Waals surface area contributed by atoms with Crippen molar-refractivity contribution >= 4 is 29.0 Å². The Labute approximate surface area is 215 Å². The molecule has 0 unspecified atom stereocenters. The van der Waals surface area contributed by atoms with E-state index in [4.69, 9.17) is 9.47 Å². The van der Waals surface area contributed by atoms with Crippen LogP contribution in [0.1, 0.15) is 72.2 Å². The molecule has 0 atom stereocenters. The number of pyridine rings is 1. The van der Waals surface area contributed by atoms with Gasteiger partial charge in [-0.3, -0.25) is 9.80 Å². The lowest BCUT2D eigenvalue weighted by molar-refractivity contribution is 0.0513. The molecule has 3 aromatic rings. The first-order chi connectivity index (χ1) is 17.4. The second-order valence-electron chi connectivity index (χ2n) is 9.99. The fraction of sp³-hybridized carbons (Fsp3) is 0.357. The predicted molar refractivity (Wildman–Crippen MR) is 139 cm³/mol. The van der Waals surface area contributed by atoms with Gasteiger partial charge in [0.1, 0.15) is 11.7 Å². The number of rotatable bonds is 5. The van der Waals surface area contributed by atoms with Gasteiger partial charge in [0.25, 0.3) is 0 Å². The molecule has 1 aliphatic rings. The third kappa shape index (κ3) is 5.00. The molecule has 4 rings (SSSR count). The minimum Gasteiger partial charge on any atom is -0.462 e. The van der Waals surface area contributed by atoms with E-state index in [1.54, 1.807) is 56.2 Å². The molecule has 1 aliphatic heterocycles. The van der Waals surface area contributed by atoms with Crippen LogP contribution in [0.5, 0.6) is 0 Å². The number of hydrazine groups is 1. The topological polar surface area (TPSA) is 113 Å². The van der Waals surface area contributed by atoms with Gasteiger partial charge in [0, 0.05) is 30.7 Å². The number of hydrogen-bond acceptors (Lipinski definition) is 7. The summed E-state index contributed by atoms with van der Waals surface area (Å²) >= 11 is 0. The maximum Gasteiger partial charge on any atom is 0.426 e. The maximum absolute atomic E-state index is 12.6. The van der Waals surface area contributed by atoms with Crippen LogP contribution in [0.15, 0.2) is 30.5 Å². The van der Waals surface area contributed by atoms with Gasteiger partial charge in [0.15, 0.2) is 5.78 Å². The molecule has 0 spiro atoms. The van der Waals surface area contributed by atoms with Gasteiger partial charge < -0.3 is 13.9 Å². The summed E-state index contributed by atoms with van der Waals surface area (Å²) in [4.78, 5) is 37.4. The summed E-state index contributed by atoms with van der Waals surface area (Å²) in [5, 5.41) is 11.6. The lowest BCUT2D eigenvalue weighted by Crippen LogP contribution is -2.44. The number of nitrogens with zero attached hydrogens (tertiary/aromatic N) is 3. The second kappa shape index (κ2) is 9.62. The fourth-order valence-corrected chi connectivity index (χ4v) is 4.68. The van der Waals surface area contributed by atoms with E-state index in [0.717, 1.165) is 16.7 Å². The van der Waals surface area contributed by atoms with Crippen molar-refractivity contribution in [3.63, 3.8) is 0 Å². The van der Waals surface area contributed by atoms with Gasteiger partial charge in [-0.25, -0.2) is 15.0 Å². The van der Waals surface area contributed by atoms with Gasteiger partial charge in [-0.2, -0.15) is 5.26 Å². The van der Waals surface area contributed by atoms with Gasteiger partial charge in [0.2, 0.25) is 0 Å². The highest BCUT2D eigenvalue weighted by atomic mass is 16.6. The number of ketones is 1. The Morgan fingerprint density at radius 3 is 2.49 bits per heavy atom. The van der Waals surface area contributed by atoms with Crippen LogP contribution in [0.4, 0.5) is 10.5 Å². The number of Topliss-reactive ketones (excluding diaryl/α,β-unsaturated/α-hetero) is 1. The standard InChI is InChI=1S/C28H30N4O5/c1-7-36-26(34)23-13-22-12-21(15-31(22)24(16(23)2)17(3)33)19-10-18-8-9-32(25(18)20(11-19)14-29)30-27(35)37-28(4,5)6/h10-13,15H,7-9H2,1-6H3,(H,30,35). The first-order valence-electron chi connectivity index (χ1n) is 12.1. The zero-order chi connectivity index (χ0) is 27.1. The number of fused-ring (bicyclic) bond motifs is 2. The van der Waals surface area contributed by atoms with E-state index < -0.39 is 17.7 Å². The number of benzene rings is 1. The van der Waals surface area contributed by atoms with E-state index in [0.29, 0.717) is 46.6 Å². The van der Waals surface area contributed by atoms with Crippen molar-refractivity contribution in [3.8, 4) is 17.2 Å². The lowest BCUT2D eigenvalue weighted by atomic mass is 10.00. The first kappa shape index (κ1) is 25.8. The largest absolute Gasteiger partial charge is 0.462 e. The van der Waals surface area contributed by atoms with Crippen LogP contribution < -0.4 is 10.4 Å². The summed E-state index contributed by atoms with van der Waals surface area (Å²) in [6.07, 6.45) is 1.88. The minimum absolute atomic E-state index is 0.175. The normalized spacial score (nSPS) is 12.7. The minimum atomic E-state index is -0.643. The Bertz CT molecular complexity index is 1470. The predicted octanol–water partition coefficient (Wildman–Crippen LogP) is 4.97. The first-order valence-corrected chi connectivity index (χ1v) is 12.1. The highest BCUT2D eigenvalue weighted by Gasteiger charge is 2.28. The smallest absolute Gasteiger partial charge is 0.426 e. The van der Waals surface area contributed by atoms with Crippen molar-refractivity contribution in [1.29, 1.82) is 5.26 Å². The van der Waals surface area contributed by atoms with Crippen molar-refractivity contribution in [1.82, 2.24) is 9.83 Å². The third-order valence-electron chi connectivity index (χ3n) is 6.11. The Morgan fingerprint density at radius 2 is 1.86 bits per heavy atom. The van der Waals surface area contributed by atoms with Crippen LogP contribution in [0.25, 0.3) is 16.6 Å². The maximum atomic E-state index is 12.6. The quantitative estimate of drug-likeness (QED) is 0.387. The molecule has 0 radical (unpaired) electrons. The number of carbonyl (C=O) groups excluding carboxylic acids is 3. The number of anilines is 1. The average molecular weight is 503 g/mol. The second-order valence-corrected chi connectivity index (χ2v) is 9.99. The van der Waals surface area contributed by atoms with Crippen LogP contribution in [0.3, 0.4) is 0 Å². The van der Waals surface area contributed by atoms with Crippen LogP contribution in [-0.2, 0) is 15.9 Å². The van der Waals surface area contributed by atoms with Crippen molar-refractivity contribution in [2.24, 2.45) is 0 Å². The highest BCUT2D eigenvalue weighted by Crippen LogP contribution is 2.36. The molecule has 0 bridgehead atoms. The molecule has 3 heterocycles. The molecule has 1 amide bonds. The van der Waals surface area contributed by atoms with E-state index in [2.05, 4.69) is 11.5 Å². The molecule has 192 valence electrons. The van der Waals surface area contributed by atoms with Gasteiger partial charge in [0.05, 0.1) is 29.1 Å². The van der Waals surface area contributed by atoms with Crippen molar-refractivity contribution in [2.45, 2.75) is 53.6 Å². The Balaban J connectivity index is 1.77. The van der Waals surface area contributed by atoms with Gasteiger partial charge in [-0.1, -0.05) is 0 Å². The van der Waals surface area contributed by atoms with Crippen molar-refractivity contribution in [3.05, 3.63) is 58.4 Å². The molecule has 0 fully saturated rings. The molecular formula is C28H30N4O5. The van der Waals surface area contributed by atoms with Gasteiger partial charge >= 0.3 is 12.1 Å². The number of nitrogens with one attached hydrogen (secondary N) is 1. The Hall–Kier alpha value is -4.32. The number of hydrogen-bond donors (Lipinski definition) is 1.